The summed E-state index contributed by atoms with van der Waals surface area (Å²) in [6.07, 6.45) is 4.34. The number of carbonyl (C=O) groups is 2. The summed E-state index contributed by atoms with van der Waals surface area (Å²) in [5.41, 5.74) is 0. The first-order valence-electron chi connectivity index (χ1n) is 5.43. The van der Waals surface area contributed by atoms with E-state index >= 15 is 0 Å². The molecule has 0 aromatic carbocycles. The second kappa shape index (κ2) is 5.58. The quantitative estimate of drug-likeness (QED) is 0.641. The Morgan fingerprint density at radius 2 is 2.13 bits per heavy atom. The SMILES string of the molecule is CCCC(NC(=O)NC1CCC1)C(=O)O. The molecule has 3 N–H and O–H groups in total. The highest BCUT2D eigenvalue weighted by molar-refractivity contribution is 5.82. The van der Waals surface area contributed by atoms with E-state index in [4.69, 9.17) is 5.11 Å². The molecule has 0 heterocycles. The first kappa shape index (κ1) is 11.8. The van der Waals surface area contributed by atoms with Gasteiger partial charge in [-0.1, -0.05) is 13.3 Å². The number of carboxylic acids is 1. The van der Waals surface area contributed by atoms with Gasteiger partial charge in [0.15, 0.2) is 0 Å². The number of hydrogen-bond donors (Lipinski definition) is 3. The lowest BCUT2D eigenvalue weighted by Crippen LogP contribution is -2.50. The highest BCUT2D eigenvalue weighted by Gasteiger charge is 2.23. The van der Waals surface area contributed by atoms with Gasteiger partial charge in [0, 0.05) is 6.04 Å². The summed E-state index contributed by atoms with van der Waals surface area (Å²) in [7, 11) is 0. The van der Waals surface area contributed by atoms with Crippen molar-refractivity contribution in [2.75, 3.05) is 0 Å². The average Bonchev–Trinajstić information content (AvgIpc) is 2.10. The van der Waals surface area contributed by atoms with Crippen molar-refractivity contribution in [2.24, 2.45) is 0 Å². The Bertz CT molecular complexity index is 239. The highest BCUT2D eigenvalue weighted by Crippen LogP contribution is 2.17. The standard InChI is InChI=1S/C10H18N2O3/c1-2-4-8(9(13)14)12-10(15)11-7-5-3-6-7/h7-8H,2-6H2,1H3,(H,13,14)(H2,11,12,15). The average molecular weight is 214 g/mol. The molecule has 0 saturated heterocycles. The van der Waals surface area contributed by atoms with E-state index in [2.05, 4.69) is 10.6 Å². The molecule has 5 heteroatoms. The third-order valence-electron chi connectivity index (χ3n) is 2.62. The van der Waals surface area contributed by atoms with Gasteiger partial charge in [0.1, 0.15) is 6.04 Å². The van der Waals surface area contributed by atoms with E-state index in [9.17, 15) is 9.59 Å². The van der Waals surface area contributed by atoms with Crippen molar-refractivity contribution in [2.45, 2.75) is 51.1 Å². The molecule has 1 atom stereocenters. The van der Waals surface area contributed by atoms with Crippen molar-refractivity contribution in [3.63, 3.8) is 0 Å². The maximum Gasteiger partial charge on any atom is 0.326 e. The van der Waals surface area contributed by atoms with Gasteiger partial charge in [0.2, 0.25) is 0 Å². The van der Waals surface area contributed by atoms with E-state index in [0.29, 0.717) is 6.42 Å². The van der Waals surface area contributed by atoms with Crippen LogP contribution in [-0.4, -0.2) is 29.2 Å². The van der Waals surface area contributed by atoms with E-state index in [-0.39, 0.29) is 12.1 Å². The molecule has 1 unspecified atom stereocenters. The number of carboxylic acid groups (broad SMARTS) is 1. The summed E-state index contributed by atoms with van der Waals surface area (Å²) >= 11 is 0. The van der Waals surface area contributed by atoms with Gasteiger partial charge in [0.05, 0.1) is 0 Å². The van der Waals surface area contributed by atoms with Crippen LogP contribution in [0.4, 0.5) is 4.79 Å². The first-order chi connectivity index (χ1) is 7.13. The van der Waals surface area contributed by atoms with E-state index in [1.165, 1.54) is 0 Å². The molecule has 5 nitrogen and oxygen atoms in total. The summed E-state index contributed by atoms with van der Waals surface area (Å²) in [6, 6.07) is -0.892. The number of carbonyl (C=O) groups excluding carboxylic acids is 1. The molecule has 1 aliphatic rings. The zero-order chi connectivity index (χ0) is 11.3. The lowest BCUT2D eigenvalue weighted by Gasteiger charge is -2.27. The molecule has 0 aliphatic heterocycles. The molecule has 0 radical (unpaired) electrons. The van der Waals surface area contributed by atoms with Crippen LogP contribution in [0.5, 0.6) is 0 Å². The van der Waals surface area contributed by atoms with Crippen molar-refractivity contribution in [3.8, 4) is 0 Å². The Morgan fingerprint density at radius 3 is 2.53 bits per heavy atom. The molecule has 0 aromatic rings. The van der Waals surface area contributed by atoms with Crippen molar-refractivity contribution in [3.05, 3.63) is 0 Å². The normalized spacial score (nSPS) is 17.7. The minimum absolute atomic E-state index is 0.237. The smallest absolute Gasteiger partial charge is 0.326 e. The predicted molar refractivity (Wildman–Crippen MR) is 55.6 cm³/mol. The number of rotatable bonds is 5. The summed E-state index contributed by atoms with van der Waals surface area (Å²) in [5, 5.41) is 14.0. The number of amides is 2. The predicted octanol–water partition coefficient (Wildman–Crippen LogP) is 1.09. The Morgan fingerprint density at radius 1 is 1.47 bits per heavy atom. The van der Waals surface area contributed by atoms with Crippen LogP contribution in [-0.2, 0) is 4.79 Å². The molecule has 1 aliphatic carbocycles. The summed E-state index contributed by atoms with van der Waals surface area (Å²) < 4.78 is 0. The van der Waals surface area contributed by atoms with Crippen LogP contribution in [0.15, 0.2) is 0 Å². The zero-order valence-electron chi connectivity index (χ0n) is 8.95. The number of hydrogen-bond acceptors (Lipinski definition) is 2. The van der Waals surface area contributed by atoms with E-state index in [1.807, 2.05) is 6.92 Å². The van der Waals surface area contributed by atoms with Gasteiger partial charge in [-0.15, -0.1) is 0 Å². The lowest BCUT2D eigenvalue weighted by molar-refractivity contribution is -0.139. The maximum absolute atomic E-state index is 11.4. The molecule has 1 fully saturated rings. The van der Waals surface area contributed by atoms with Crippen LogP contribution in [0.3, 0.4) is 0 Å². The summed E-state index contributed by atoms with van der Waals surface area (Å²) in [6.45, 7) is 1.89. The van der Waals surface area contributed by atoms with Gasteiger partial charge in [-0.2, -0.15) is 0 Å². The molecule has 0 spiro atoms. The van der Waals surface area contributed by atoms with E-state index in [1.54, 1.807) is 0 Å². The fraction of sp³-hybridized carbons (Fsp3) is 0.800. The van der Waals surface area contributed by atoms with Gasteiger partial charge in [-0.25, -0.2) is 9.59 Å². The molecule has 86 valence electrons. The molecule has 1 saturated carbocycles. The monoisotopic (exact) mass is 214 g/mol. The first-order valence-corrected chi connectivity index (χ1v) is 5.43. The molecule has 1 rings (SSSR count). The fourth-order valence-corrected chi connectivity index (χ4v) is 1.48. The zero-order valence-corrected chi connectivity index (χ0v) is 8.95. The van der Waals surface area contributed by atoms with Crippen LogP contribution in [0, 0.1) is 0 Å². The Balaban J connectivity index is 2.28. The van der Waals surface area contributed by atoms with Crippen molar-refractivity contribution >= 4 is 12.0 Å². The molecular formula is C10H18N2O3. The molecule has 0 aromatic heterocycles. The van der Waals surface area contributed by atoms with Crippen LogP contribution < -0.4 is 10.6 Å². The van der Waals surface area contributed by atoms with Gasteiger partial charge in [-0.05, 0) is 25.7 Å². The van der Waals surface area contributed by atoms with Crippen molar-refractivity contribution < 1.29 is 14.7 Å². The number of nitrogens with one attached hydrogen (secondary N) is 2. The molecule has 2 amide bonds. The minimum Gasteiger partial charge on any atom is -0.480 e. The Hall–Kier alpha value is -1.26. The van der Waals surface area contributed by atoms with E-state index in [0.717, 1.165) is 25.7 Å². The van der Waals surface area contributed by atoms with Gasteiger partial charge >= 0.3 is 12.0 Å². The Kier molecular flexibility index (Phi) is 4.39. The third kappa shape index (κ3) is 3.77. The van der Waals surface area contributed by atoms with Gasteiger partial charge in [0.25, 0.3) is 0 Å². The van der Waals surface area contributed by atoms with Crippen molar-refractivity contribution in [1.82, 2.24) is 10.6 Å². The van der Waals surface area contributed by atoms with Crippen LogP contribution >= 0.6 is 0 Å². The topological polar surface area (TPSA) is 78.4 Å². The van der Waals surface area contributed by atoms with Crippen LogP contribution in [0.2, 0.25) is 0 Å². The molecule has 0 bridgehead atoms. The van der Waals surface area contributed by atoms with Crippen LogP contribution in [0.25, 0.3) is 0 Å². The summed E-state index contributed by atoms with van der Waals surface area (Å²) in [4.78, 5) is 22.1. The maximum atomic E-state index is 11.4. The Labute approximate surface area is 89.2 Å². The van der Waals surface area contributed by atoms with Crippen LogP contribution in [0.1, 0.15) is 39.0 Å². The second-order valence-electron chi connectivity index (χ2n) is 3.93. The minimum atomic E-state index is -0.972. The van der Waals surface area contributed by atoms with Gasteiger partial charge in [-0.3, -0.25) is 0 Å². The second-order valence-corrected chi connectivity index (χ2v) is 3.93. The number of urea groups is 1. The molecule has 15 heavy (non-hydrogen) atoms. The third-order valence-corrected chi connectivity index (χ3v) is 2.62. The number of aliphatic carboxylic acids is 1. The lowest BCUT2D eigenvalue weighted by atomic mass is 9.93. The van der Waals surface area contributed by atoms with Gasteiger partial charge < -0.3 is 15.7 Å². The van der Waals surface area contributed by atoms with Crippen molar-refractivity contribution in [1.29, 1.82) is 0 Å². The largest absolute Gasteiger partial charge is 0.480 e. The van der Waals surface area contributed by atoms with E-state index < -0.39 is 12.0 Å². The highest BCUT2D eigenvalue weighted by atomic mass is 16.4. The molecular weight excluding hydrogens is 196 g/mol. The summed E-state index contributed by atoms with van der Waals surface area (Å²) in [5.74, 6) is -0.972. The fourth-order valence-electron chi connectivity index (χ4n) is 1.48.